The summed E-state index contributed by atoms with van der Waals surface area (Å²) in [5.74, 6) is 0. The van der Waals surface area contributed by atoms with E-state index in [1.165, 1.54) is 0 Å². The molecule has 31 heteroatoms. The van der Waals surface area contributed by atoms with E-state index < -0.39 is 54.3 Å². The van der Waals surface area contributed by atoms with Crippen LogP contribution in [0.25, 0.3) is 0 Å². The van der Waals surface area contributed by atoms with Crippen LogP contribution in [0.5, 0.6) is 0 Å². The Morgan fingerprint density at radius 1 is 0.194 bits per heavy atom. The Morgan fingerprint density at radius 3 is 0.194 bits per heavy atom. The molecule has 0 heterocycles. The predicted octanol–water partition coefficient (Wildman–Crippen LogP) is -18.5. The van der Waals surface area contributed by atoms with Crippen LogP contribution in [0, 0.1) is 0 Å². The molecule has 0 radical (unpaired) electrons. The molecular weight excluding hydrogens is 559 g/mol. The maximum atomic E-state index is 7.33. The van der Waals surface area contributed by atoms with Gasteiger partial charge in [-0.1, -0.05) is 0 Å². The normalized spacial score (nSPS) is 11.6. The van der Waals surface area contributed by atoms with Gasteiger partial charge in [-0.15, -0.1) is 0 Å². The Kier molecular flexibility index (Phi) is 32.2. The summed E-state index contributed by atoms with van der Waals surface area (Å²) in [6.45, 7) is 0. The number of hydrogen-bond acceptors (Lipinski definition) is 24. The van der Waals surface area contributed by atoms with Gasteiger partial charge in [0.25, 0.3) is 0 Å². The molecule has 0 aliphatic rings. The maximum absolute atomic E-state index is 7.33. The number of rotatable bonds is 0. The molecule has 0 rings (SSSR count). The zero-order valence-electron chi connectivity index (χ0n) is 15.7. The Balaban J connectivity index is -0.0000000356. The van der Waals surface area contributed by atoms with E-state index in [1.54, 1.807) is 0 Å². The summed E-state index contributed by atoms with van der Waals surface area (Å²) in [6.07, 6.45) is 0. The first-order chi connectivity index (χ1) is 12.0. The van der Waals surface area contributed by atoms with Crippen molar-refractivity contribution in [3.8, 4) is 0 Å². The first kappa shape index (κ1) is 49.2. The van der Waals surface area contributed by atoms with Crippen LogP contribution < -0.4 is 18.9 Å². The molecule has 0 aromatic rings. The maximum Gasteiger partial charge on any atom is 1.00 e. The van der Waals surface area contributed by atoms with Crippen molar-refractivity contribution in [3.05, 3.63) is 0 Å². The van der Waals surface area contributed by atoms with E-state index in [0.717, 1.165) is 0 Å². The summed E-state index contributed by atoms with van der Waals surface area (Å²) in [4.78, 5) is 176. The SMILES string of the molecule is O[Si](O)(O)O.O[Si](O)(O)O.O[Si](O)(O)O.O[Si](O)(O)O.O[Si](O)(O)O.O[Si](O)(O)O.[H-].[Li+]. The van der Waals surface area contributed by atoms with Crippen molar-refractivity contribution in [1.82, 2.24) is 0 Å². The van der Waals surface area contributed by atoms with E-state index in [-0.39, 0.29) is 20.3 Å². The fourth-order valence-electron chi connectivity index (χ4n) is 0. The van der Waals surface area contributed by atoms with Crippen LogP contribution >= 0.6 is 0 Å². The Labute approximate surface area is 189 Å². The standard InChI is InChI=1S/Li.6H4O4Si.H/c;6*1-5(2,3)4;/h;6*1-4H;/q+1;;;;;;;-1. The van der Waals surface area contributed by atoms with Crippen molar-refractivity contribution in [3.63, 3.8) is 0 Å². The van der Waals surface area contributed by atoms with Gasteiger partial charge in [0, 0.05) is 0 Å². The van der Waals surface area contributed by atoms with Gasteiger partial charge in [-0.05, 0) is 0 Å². The predicted molar refractivity (Wildman–Crippen MR) is 88.9 cm³/mol. The molecule has 0 amide bonds. The van der Waals surface area contributed by atoms with Gasteiger partial charge in [-0.2, -0.15) is 0 Å². The third-order valence-electron chi connectivity index (χ3n) is 0. The summed E-state index contributed by atoms with van der Waals surface area (Å²) in [5.41, 5.74) is 0. The third-order valence-corrected chi connectivity index (χ3v) is 0. The second kappa shape index (κ2) is 20.3. The van der Waals surface area contributed by atoms with E-state index in [9.17, 15) is 0 Å². The summed E-state index contributed by atoms with van der Waals surface area (Å²) in [6, 6.07) is 0. The van der Waals surface area contributed by atoms with E-state index in [1.807, 2.05) is 0 Å². The van der Waals surface area contributed by atoms with Gasteiger partial charge >= 0.3 is 73.1 Å². The largest absolute Gasteiger partial charge is 1.00 e. The van der Waals surface area contributed by atoms with Gasteiger partial charge in [0.1, 0.15) is 0 Å². The summed E-state index contributed by atoms with van der Waals surface area (Å²) in [5, 5.41) is 0. The molecule has 0 saturated heterocycles. The van der Waals surface area contributed by atoms with E-state index in [2.05, 4.69) is 0 Å². The number of hydrogen-bond donors (Lipinski definition) is 24. The molecule has 194 valence electrons. The summed E-state index contributed by atoms with van der Waals surface area (Å²) >= 11 is 0. The van der Waals surface area contributed by atoms with Gasteiger partial charge in [-0.3, -0.25) is 0 Å². The molecule has 0 atom stereocenters. The molecule has 0 aliphatic heterocycles. The minimum absolute atomic E-state index is 0. The fourth-order valence-corrected chi connectivity index (χ4v) is 0. The van der Waals surface area contributed by atoms with Crippen molar-refractivity contribution < 1.29 is 135 Å². The van der Waals surface area contributed by atoms with Gasteiger partial charge in [0.15, 0.2) is 0 Å². The van der Waals surface area contributed by atoms with E-state index in [0.29, 0.717) is 0 Å². The van der Waals surface area contributed by atoms with Gasteiger partial charge in [0.2, 0.25) is 0 Å². The minimum atomic E-state index is -4.61. The Hall–Kier alpha value is 0.939. The molecule has 0 fully saturated rings. The van der Waals surface area contributed by atoms with Crippen molar-refractivity contribution >= 4 is 54.3 Å². The van der Waals surface area contributed by atoms with Crippen LogP contribution in [0.1, 0.15) is 1.43 Å². The molecule has 0 saturated carbocycles. The zero-order valence-corrected chi connectivity index (χ0v) is 20.7. The van der Waals surface area contributed by atoms with Gasteiger partial charge in [-0.25, -0.2) is 0 Å². The molecule has 0 aliphatic carbocycles. The molecule has 24 N–H and O–H groups in total. The Morgan fingerprint density at radius 2 is 0.194 bits per heavy atom. The summed E-state index contributed by atoms with van der Waals surface area (Å²) in [7, 11) is -27.7. The van der Waals surface area contributed by atoms with Crippen LogP contribution in [0.4, 0.5) is 0 Å². The fraction of sp³-hybridized carbons (Fsp3) is 0. The van der Waals surface area contributed by atoms with Crippen LogP contribution in [-0.2, 0) is 0 Å². The minimum Gasteiger partial charge on any atom is -1.00 e. The molecule has 0 aromatic carbocycles. The van der Waals surface area contributed by atoms with E-state index >= 15 is 0 Å². The quantitative estimate of drug-likeness (QED) is 0.117. The second-order valence-corrected chi connectivity index (χ2v) is 10.8. The van der Waals surface area contributed by atoms with Crippen LogP contribution in [0.2, 0.25) is 0 Å². The molecule has 24 nitrogen and oxygen atoms in total. The second-order valence-electron chi connectivity index (χ2n) is 3.60. The first-order valence-corrected chi connectivity index (χ1v) is 16.1. The van der Waals surface area contributed by atoms with E-state index in [4.69, 9.17) is 115 Å². The molecular formula is H25LiO24Si6. The smallest absolute Gasteiger partial charge is 1.00 e. The molecule has 0 bridgehead atoms. The molecule has 0 aromatic heterocycles. The van der Waals surface area contributed by atoms with Gasteiger partial charge < -0.3 is 117 Å². The van der Waals surface area contributed by atoms with Crippen molar-refractivity contribution in [1.29, 1.82) is 0 Å². The molecule has 0 unspecified atom stereocenters. The monoisotopic (exact) mass is 584 g/mol. The van der Waals surface area contributed by atoms with Crippen molar-refractivity contribution in [2.45, 2.75) is 0 Å². The zero-order chi connectivity index (χ0) is 27.0. The van der Waals surface area contributed by atoms with Crippen LogP contribution in [-0.4, -0.2) is 169 Å². The van der Waals surface area contributed by atoms with Gasteiger partial charge in [0.05, 0.1) is 0 Å². The Bertz CT molecular complexity index is 221. The van der Waals surface area contributed by atoms with Crippen molar-refractivity contribution in [2.24, 2.45) is 0 Å². The van der Waals surface area contributed by atoms with Crippen molar-refractivity contribution in [2.75, 3.05) is 0 Å². The topological polar surface area (TPSA) is 486 Å². The van der Waals surface area contributed by atoms with Crippen LogP contribution in [0.3, 0.4) is 0 Å². The van der Waals surface area contributed by atoms with Crippen LogP contribution in [0.15, 0.2) is 0 Å². The average Bonchev–Trinajstić information content (AvgIpc) is 1.94. The molecule has 0 spiro atoms. The first-order valence-electron chi connectivity index (χ1n) is 5.37. The summed E-state index contributed by atoms with van der Waals surface area (Å²) < 4.78 is 0. The third kappa shape index (κ3) is 29400. The molecule has 31 heavy (non-hydrogen) atoms. The average molecular weight is 585 g/mol.